The number of aromatic nitrogens is 2. The lowest BCUT2D eigenvalue weighted by Gasteiger charge is -1.95. The second-order valence-corrected chi connectivity index (χ2v) is 6.82. The number of hydrogen-bond donors (Lipinski definition) is 0. The van der Waals surface area contributed by atoms with Gasteiger partial charge in [0.2, 0.25) is 0 Å². The molecule has 0 fully saturated rings. The summed E-state index contributed by atoms with van der Waals surface area (Å²) in [6.07, 6.45) is -0.256. The fourth-order valence-electron chi connectivity index (χ4n) is 1.29. The van der Waals surface area contributed by atoms with Gasteiger partial charge in [0.25, 0.3) is 10.4 Å². The Morgan fingerprint density at radius 3 is 2.04 bits per heavy atom. The number of halogens is 6. The van der Waals surface area contributed by atoms with Crippen molar-refractivity contribution < 1.29 is 39.4 Å². The fraction of sp³-hybridized carbons (Fsp3) is 0.286. The van der Waals surface area contributed by atoms with Gasteiger partial charge in [0.15, 0.2) is 11.7 Å². The number of hydrogen-bond acceptors (Lipinski definition) is 6. The maximum atomic E-state index is 12.3. The van der Waals surface area contributed by atoms with Crippen molar-refractivity contribution in [3.05, 3.63) is 48.7 Å². The van der Waals surface area contributed by atoms with Crippen LogP contribution >= 0.6 is 11.8 Å². The molecule has 0 radical (unpaired) electrons. The Morgan fingerprint density at radius 2 is 1.52 bits per heavy atom. The van der Waals surface area contributed by atoms with Gasteiger partial charge in [0.1, 0.15) is 23.3 Å². The molecule has 0 bridgehead atoms. The molecule has 0 N–H and O–H groups in total. The molecular formula is C14H12F6N2O3S2. The van der Waals surface area contributed by atoms with Crippen LogP contribution in [0.3, 0.4) is 0 Å². The molecule has 0 amide bonds. The van der Waals surface area contributed by atoms with Gasteiger partial charge in [0, 0.05) is 24.3 Å². The summed E-state index contributed by atoms with van der Waals surface area (Å²) in [7, 11) is -1.67. The van der Waals surface area contributed by atoms with E-state index in [1.807, 2.05) is 0 Å². The standard InChI is InChI=1S/C7H6F3NO2S.C7H6F3NOS/c8-5(6(9)10)1-4-14(12)7-11-2-3-13-7;8-5(6(9)10)1-4-13-7-11-2-3-12-7/h2-3H,1,4H2;2-3H,1,4H2. The smallest absolute Gasteiger partial charge is 0.301 e. The third kappa shape index (κ3) is 9.47. The quantitative estimate of drug-likeness (QED) is 0.405. The minimum atomic E-state index is -2.38. The van der Waals surface area contributed by atoms with E-state index in [9.17, 15) is 30.6 Å². The molecule has 0 saturated carbocycles. The van der Waals surface area contributed by atoms with Crippen LogP contribution in [0.15, 0.2) is 68.0 Å². The molecule has 2 aromatic rings. The van der Waals surface area contributed by atoms with E-state index >= 15 is 0 Å². The highest BCUT2D eigenvalue weighted by atomic mass is 32.2. The predicted molar refractivity (Wildman–Crippen MR) is 84.9 cm³/mol. The SMILES string of the molecule is FC(F)=C(F)CCSc1ncco1.O=S(CCC(F)=C(F)F)c1ncco1. The zero-order chi connectivity index (χ0) is 20.2. The van der Waals surface area contributed by atoms with Crippen LogP contribution in [-0.2, 0) is 10.8 Å². The van der Waals surface area contributed by atoms with Crippen molar-refractivity contribution in [2.45, 2.75) is 23.3 Å². The third-order valence-electron chi connectivity index (χ3n) is 2.48. The van der Waals surface area contributed by atoms with Crippen molar-refractivity contribution in [2.75, 3.05) is 11.5 Å². The van der Waals surface area contributed by atoms with E-state index in [4.69, 9.17) is 4.42 Å². The maximum absolute atomic E-state index is 12.3. The van der Waals surface area contributed by atoms with E-state index in [1.54, 1.807) is 0 Å². The molecule has 150 valence electrons. The van der Waals surface area contributed by atoms with Gasteiger partial charge < -0.3 is 8.83 Å². The van der Waals surface area contributed by atoms with Crippen molar-refractivity contribution in [2.24, 2.45) is 0 Å². The topological polar surface area (TPSA) is 69.1 Å². The number of thioether (sulfide) groups is 1. The molecule has 0 aliphatic carbocycles. The minimum Gasteiger partial charge on any atom is -0.440 e. The largest absolute Gasteiger partial charge is 0.440 e. The molecule has 1 unspecified atom stereocenters. The predicted octanol–water partition coefficient (Wildman–Crippen LogP) is 5.48. The van der Waals surface area contributed by atoms with Crippen molar-refractivity contribution >= 4 is 22.6 Å². The lowest BCUT2D eigenvalue weighted by Crippen LogP contribution is -1.98. The van der Waals surface area contributed by atoms with Crippen LogP contribution in [0.1, 0.15) is 12.8 Å². The summed E-state index contributed by atoms with van der Waals surface area (Å²) in [4.78, 5) is 7.27. The van der Waals surface area contributed by atoms with Crippen molar-refractivity contribution in [1.29, 1.82) is 0 Å². The molecule has 2 heterocycles. The monoisotopic (exact) mass is 434 g/mol. The summed E-state index contributed by atoms with van der Waals surface area (Å²) in [6.45, 7) is 0. The Labute approximate surface area is 156 Å². The number of allylic oxidation sites excluding steroid dienone is 2. The maximum Gasteiger partial charge on any atom is 0.301 e. The van der Waals surface area contributed by atoms with Crippen LogP contribution in [0.4, 0.5) is 26.3 Å². The number of rotatable bonds is 8. The molecular weight excluding hydrogens is 422 g/mol. The Bertz CT molecular complexity index is 758. The molecule has 0 aliphatic heterocycles. The van der Waals surface area contributed by atoms with Gasteiger partial charge in [-0.15, -0.1) is 0 Å². The first kappa shape index (κ1) is 23.0. The van der Waals surface area contributed by atoms with E-state index in [1.165, 1.54) is 24.9 Å². The Balaban J connectivity index is 0.000000271. The Morgan fingerprint density at radius 1 is 0.926 bits per heavy atom. The molecule has 2 aromatic heterocycles. The van der Waals surface area contributed by atoms with E-state index in [0.29, 0.717) is 5.22 Å². The molecule has 1 atom stereocenters. The van der Waals surface area contributed by atoms with Gasteiger partial charge in [-0.2, -0.15) is 17.6 Å². The molecule has 27 heavy (non-hydrogen) atoms. The van der Waals surface area contributed by atoms with Gasteiger partial charge in [-0.05, 0) is 0 Å². The van der Waals surface area contributed by atoms with E-state index < -0.39 is 41.0 Å². The summed E-state index contributed by atoms with van der Waals surface area (Å²) in [5, 5.41) is 0.268. The lowest BCUT2D eigenvalue weighted by molar-refractivity contribution is 0.373. The number of nitrogens with zero attached hydrogens (tertiary/aromatic N) is 2. The summed E-state index contributed by atoms with van der Waals surface area (Å²) >= 11 is 1.09. The van der Waals surface area contributed by atoms with Crippen LogP contribution in [-0.4, -0.2) is 25.7 Å². The van der Waals surface area contributed by atoms with Crippen molar-refractivity contribution in [3.8, 4) is 0 Å². The minimum absolute atomic E-state index is 0.0860. The normalized spacial score (nSPS) is 11.3. The fourth-order valence-corrected chi connectivity index (χ4v) is 2.89. The number of oxazole rings is 2. The second kappa shape index (κ2) is 12.4. The van der Waals surface area contributed by atoms with Crippen LogP contribution in [0.5, 0.6) is 0 Å². The molecule has 0 spiro atoms. The van der Waals surface area contributed by atoms with Crippen LogP contribution in [0.25, 0.3) is 0 Å². The zero-order valence-electron chi connectivity index (χ0n) is 13.3. The lowest BCUT2D eigenvalue weighted by atomic mass is 10.4. The van der Waals surface area contributed by atoms with Gasteiger partial charge >= 0.3 is 12.2 Å². The Hall–Kier alpha value is -2.02. The highest BCUT2D eigenvalue weighted by Crippen LogP contribution is 2.20. The Kier molecular flexibility index (Phi) is 10.6. The van der Waals surface area contributed by atoms with E-state index in [2.05, 4.69) is 14.4 Å². The summed E-state index contributed by atoms with van der Waals surface area (Å²) in [5.74, 6) is -3.02. The van der Waals surface area contributed by atoms with E-state index in [-0.39, 0.29) is 23.1 Å². The molecule has 0 aromatic carbocycles. The highest BCUT2D eigenvalue weighted by molar-refractivity contribution is 7.99. The second-order valence-electron chi connectivity index (χ2n) is 4.32. The van der Waals surface area contributed by atoms with Crippen molar-refractivity contribution in [1.82, 2.24) is 9.97 Å². The van der Waals surface area contributed by atoms with E-state index in [0.717, 1.165) is 11.8 Å². The first-order valence-electron chi connectivity index (χ1n) is 7.00. The van der Waals surface area contributed by atoms with Gasteiger partial charge in [-0.1, -0.05) is 11.8 Å². The molecule has 13 heteroatoms. The average Bonchev–Trinajstić information content (AvgIpc) is 3.33. The molecule has 2 rings (SSSR count). The molecule has 5 nitrogen and oxygen atoms in total. The van der Waals surface area contributed by atoms with Gasteiger partial charge in [-0.3, -0.25) is 0 Å². The first-order chi connectivity index (χ1) is 12.8. The van der Waals surface area contributed by atoms with Gasteiger partial charge in [-0.25, -0.2) is 23.0 Å². The van der Waals surface area contributed by atoms with Gasteiger partial charge in [0.05, 0.1) is 12.4 Å². The molecule has 0 saturated heterocycles. The highest BCUT2D eigenvalue weighted by Gasteiger charge is 2.12. The first-order valence-corrected chi connectivity index (χ1v) is 9.31. The summed E-state index contributed by atoms with van der Waals surface area (Å²) in [5.41, 5.74) is 0. The van der Waals surface area contributed by atoms with Crippen LogP contribution in [0.2, 0.25) is 0 Å². The third-order valence-corrected chi connectivity index (χ3v) is 4.50. The summed E-state index contributed by atoms with van der Waals surface area (Å²) < 4.78 is 91.4. The summed E-state index contributed by atoms with van der Waals surface area (Å²) in [6, 6.07) is 0. The van der Waals surface area contributed by atoms with Crippen LogP contribution < -0.4 is 0 Å². The van der Waals surface area contributed by atoms with Crippen molar-refractivity contribution in [3.63, 3.8) is 0 Å². The zero-order valence-corrected chi connectivity index (χ0v) is 15.0. The molecule has 0 aliphatic rings. The average molecular weight is 434 g/mol. The van der Waals surface area contributed by atoms with Crippen LogP contribution in [0, 0.1) is 0 Å².